The molecular formula is C4H6AuO9S. The Hall–Kier alpha value is -0.490. The van der Waals surface area contributed by atoms with Gasteiger partial charge in [-0.25, -0.2) is 9.59 Å². The summed E-state index contributed by atoms with van der Waals surface area (Å²) in [4.78, 5) is 16.1. The molecule has 0 saturated heterocycles. The summed E-state index contributed by atoms with van der Waals surface area (Å²) in [5.74, 6) is -4.91. The SMILES string of the molecule is O=C(O)C(O)C(O)(C(=O)O)S(=O)(=O)O.[Au]. The van der Waals surface area contributed by atoms with Gasteiger partial charge < -0.3 is 20.4 Å². The molecule has 0 aliphatic carbocycles. The maximum atomic E-state index is 10.3. The number of carbonyl (C=O) groups is 2. The normalized spacial score (nSPS) is 17.0. The topological polar surface area (TPSA) is 169 Å². The first-order chi connectivity index (χ1) is 6.05. The molecular weight excluding hydrogens is 421 g/mol. The molecule has 0 bridgehead atoms. The van der Waals surface area contributed by atoms with Gasteiger partial charge in [-0.05, 0) is 0 Å². The van der Waals surface area contributed by atoms with Gasteiger partial charge in [-0.15, -0.1) is 0 Å². The Bertz CT molecular complexity index is 360. The average Bonchev–Trinajstić information content (AvgIpc) is 1.98. The Morgan fingerprint density at radius 3 is 1.60 bits per heavy atom. The quantitative estimate of drug-likeness (QED) is 0.233. The van der Waals surface area contributed by atoms with Crippen molar-refractivity contribution in [3.63, 3.8) is 0 Å². The van der Waals surface area contributed by atoms with Crippen molar-refractivity contribution in [2.75, 3.05) is 0 Å². The van der Waals surface area contributed by atoms with E-state index < -0.39 is 33.1 Å². The molecule has 0 fully saturated rings. The van der Waals surface area contributed by atoms with Crippen LogP contribution in [0.5, 0.6) is 0 Å². The van der Waals surface area contributed by atoms with Crippen LogP contribution in [0.25, 0.3) is 0 Å². The Morgan fingerprint density at radius 1 is 1.20 bits per heavy atom. The van der Waals surface area contributed by atoms with E-state index in [0.717, 1.165) is 0 Å². The molecule has 0 aromatic rings. The summed E-state index contributed by atoms with van der Waals surface area (Å²) in [6.45, 7) is 0. The van der Waals surface area contributed by atoms with Gasteiger partial charge in [0.05, 0.1) is 0 Å². The molecule has 0 aliphatic rings. The van der Waals surface area contributed by atoms with E-state index in [1.54, 1.807) is 0 Å². The number of hydrogen-bond acceptors (Lipinski definition) is 6. The van der Waals surface area contributed by atoms with Crippen LogP contribution in [0.4, 0.5) is 0 Å². The van der Waals surface area contributed by atoms with E-state index >= 15 is 0 Å². The average molecular weight is 427 g/mol. The van der Waals surface area contributed by atoms with Crippen LogP contribution in [0.15, 0.2) is 0 Å². The minimum Gasteiger partial charge on any atom is -0.479 e. The van der Waals surface area contributed by atoms with Gasteiger partial charge in [0.25, 0.3) is 0 Å². The van der Waals surface area contributed by atoms with Gasteiger partial charge in [0.2, 0.25) is 6.10 Å². The van der Waals surface area contributed by atoms with Crippen LogP contribution in [0.3, 0.4) is 0 Å². The fraction of sp³-hybridized carbons (Fsp3) is 0.500. The first-order valence-corrected chi connectivity index (χ1v) is 4.32. The van der Waals surface area contributed by atoms with E-state index in [9.17, 15) is 18.0 Å². The number of aliphatic hydroxyl groups is 2. The molecule has 0 saturated carbocycles. The van der Waals surface area contributed by atoms with Gasteiger partial charge in [0.1, 0.15) is 0 Å². The number of carboxylic acids is 2. The molecule has 2 unspecified atom stereocenters. The summed E-state index contributed by atoms with van der Waals surface area (Å²) in [5, 5.41) is 33.6. The number of rotatable bonds is 4. The Balaban J connectivity index is 0. The van der Waals surface area contributed by atoms with Crippen molar-refractivity contribution in [2.24, 2.45) is 0 Å². The minimum atomic E-state index is -5.68. The summed E-state index contributed by atoms with van der Waals surface area (Å²) in [5.41, 5.74) is 0. The first-order valence-electron chi connectivity index (χ1n) is 2.88. The second kappa shape index (κ2) is 5.03. The van der Waals surface area contributed by atoms with E-state index in [4.69, 9.17) is 25.0 Å². The number of hydrogen-bond donors (Lipinski definition) is 5. The fourth-order valence-corrected chi connectivity index (χ4v) is 1.14. The van der Waals surface area contributed by atoms with E-state index in [2.05, 4.69) is 0 Å². The monoisotopic (exact) mass is 427 g/mol. The molecule has 0 amide bonds. The maximum Gasteiger partial charge on any atom is 0.358 e. The number of aliphatic hydroxyl groups excluding tert-OH is 1. The first kappa shape index (κ1) is 16.9. The van der Waals surface area contributed by atoms with Crippen LogP contribution in [0, 0.1) is 0 Å². The third-order valence-corrected chi connectivity index (χ3v) is 2.49. The second-order valence-electron chi connectivity index (χ2n) is 2.22. The van der Waals surface area contributed by atoms with Gasteiger partial charge in [0, 0.05) is 22.4 Å². The van der Waals surface area contributed by atoms with Crippen LogP contribution in [-0.2, 0) is 42.1 Å². The zero-order valence-corrected chi connectivity index (χ0v) is 9.64. The van der Waals surface area contributed by atoms with Crippen LogP contribution < -0.4 is 0 Å². The summed E-state index contributed by atoms with van der Waals surface area (Å²) in [7, 11) is -5.68. The molecule has 2 atom stereocenters. The van der Waals surface area contributed by atoms with Crippen molar-refractivity contribution in [3.8, 4) is 0 Å². The van der Waals surface area contributed by atoms with E-state index in [1.807, 2.05) is 0 Å². The van der Waals surface area contributed by atoms with E-state index in [0.29, 0.717) is 0 Å². The molecule has 15 heavy (non-hydrogen) atoms. The predicted octanol–water partition coefficient (Wildman–Crippen LogP) is -2.91. The van der Waals surface area contributed by atoms with Crippen molar-refractivity contribution >= 4 is 22.1 Å². The van der Waals surface area contributed by atoms with Crippen molar-refractivity contribution in [3.05, 3.63) is 0 Å². The molecule has 93 valence electrons. The molecule has 5 N–H and O–H groups in total. The molecule has 9 nitrogen and oxygen atoms in total. The zero-order chi connectivity index (χ0) is 11.7. The largest absolute Gasteiger partial charge is 0.479 e. The molecule has 0 aromatic heterocycles. The van der Waals surface area contributed by atoms with Crippen molar-refractivity contribution < 1.29 is 65.4 Å². The Morgan fingerprint density at radius 2 is 1.53 bits per heavy atom. The fourth-order valence-electron chi connectivity index (χ4n) is 0.536. The van der Waals surface area contributed by atoms with Crippen LogP contribution >= 0.6 is 0 Å². The third-order valence-electron chi connectivity index (χ3n) is 1.30. The van der Waals surface area contributed by atoms with Gasteiger partial charge in [-0.3, -0.25) is 4.55 Å². The Labute approximate surface area is 98.6 Å². The third kappa shape index (κ3) is 2.98. The molecule has 0 spiro atoms. The van der Waals surface area contributed by atoms with E-state index in [-0.39, 0.29) is 22.4 Å². The van der Waals surface area contributed by atoms with Gasteiger partial charge in [-0.2, -0.15) is 8.42 Å². The summed E-state index contributed by atoms with van der Waals surface area (Å²) in [6, 6.07) is 0. The Kier molecular flexibility index (Phi) is 5.67. The standard InChI is InChI=1S/C4H6O9S.Au/c5-1(2(6)7)4(10,3(8)9)14(11,12)13;/h1,5,10H,(H,6,7)(H,8,9)(H,11,12,13);. The minimum absolute atomic E-state index is 0. The van der Waals surface area contributed by atoms with Gasteiger partial charge in [-0.1, -0.05) is 0 Å². The van der Waals surface area contributed by atoms with Gasteiger partial charge in [0.15, 0.2) is 0 Å². The summed E-state index contributed by atoms with van der Waals surface area (Å²) >= 11 is 0. The molecule has 1 radical (unpaired) electrons. The van der Waals surface area contributed by atoms with Crippen LogP contribution in [-0.4, -0.2) is 56.4 Å². The molecule has 11 heteroatoms. The number of carboxylic acid groups (broad SMARTS) is 2. The molecule has 0 rings (SSSR count). The van der Waals surface area contributed by atoms with Crippen molar-refractivity contribution in [1.29, 1.82) is 0 Å². The molecule has 0 aromatic carbocycles. The van der Waals surface area contributed by atoms with E-state index in [1.165, 1.54) is 0 Å². The predicted molar refractivity (Wildman–Crippen MR) is 37.8 cm³/mol. The van der Waals surface area contributed by atoms with Crippen LogP contribution in [0.2, 0.25) is 0 Å². The summed E-state index contributed by atoms with van der Waals surface area (Å²) in [6.07, 6.45) is -3.20. The molecule has 0 heterocycles. The summed E-state index contributed by atoms with van der Waals surface area (Å²) < 4.78 is 28.9. The molecule has 0 aliphatic heterocycles. The second-order valence-corrected chi connectivity index (χ2v) is 3.79. The maximum absolute atomic E-state index is 10.3. The number of aliphatic carboxylic acids is 2. The van der Waals surface area contributed by atoms with Crippen molar-refractivity contribution in [2.45, 2.75) is 11.0 Å². The van der Waals surface area contributed by atoms with Gasteiger partial charge >= 0.3 is 27.0 Å². The zero-order valence-electron chi connectivity index (χ0n) is 6.66. The van der Waals surface area contributed by atoms with Crippen molar-refractivity contribution in [1.82, 2.24) is 0 Å². The smallest absolute Gasteiger partial charge is 0.358 e. The van der Waals surface area contributed by atoms with Crippen LogP contribution in [0.1, 0.15) is 0 Å².